The standard InChI is InChI=1S/C14H18N2O.ClH/c17-14(8-15-7-11-5-6-11)16-9-12-3-1-2-4-13(12)10-16;/h1-4,11,15H,5-10H2;1H. The molecular weight excluding hydrogens is 248 g/mol. The minimum absolute atomic E-state index is 0. The molecule has 1 aliphatic heterocycles. The van der Waals surface area contributed by atoms with E-state index in [-0.39, 0.29) is 18.3 Å². The number of nitrogens with zero attached hydrogens (tertiary/aromatic N) is 1. The molecule has 1 amide bonds. The van der Waals surface area contributed by atoms with E-state index in [9.17, 15) is 4.79 Å². The maximum absolute atomic E-state index is 12.0. The minimum Gasteiger partial charge on any atom is -0.333 e. The number of benzene rings is 1. The fourth-order valence-electron chi connectivity index (χ4n) is 2.33. The zero-order valence-corrected chi connectivity index (χ0v) is 11.2. The molecule has 0 bridgehead atoms. The third kappa shape index (κ3) is 3.03. The lowest BCUT2D eigenvalue weighted by molar-refractivity contribution is -0.130. The maximum atomic E-state index is 12.0. The van der Waals surface area contributed by atoms with Crippen LogP contribution in [0.1, 0.15) is 24.0 Å². The summed E-state index contributed by atoms with van der Waals surface area (Å²) >= 11 is 0. The van der Waals surface area contributed by atoms with Crippen LogP contribution < -0.4 is 5.32 Å². The highest BCUT2D eigenvalue weighted by atomic mass is 35.5. The van der Waals surface area contributed by atoms with E-state index in [1.807, 2.05) is 17.0 Å². The van der Waals surface area contributed by atoms with Crippen molar-refractivity contribution in [2.75, 3.05) is 13.1 Å². The van der Waals surface area contributed by atoms with Gasteiger partial charge in [-0.15, -0.1) is 12.4 Å². The molecule has 0 saturated heterocycles. The molecule has 0 atom stereocenters. The zero-order chi connectivity index (χ0) is 11.7. The maximum Gasteiger partial charge on any atom is 0.237 e. The van der Waals surface area contributed by atoms with E-state index < -0.39 is 0 Å². The lowest BCUT2D eigenvalue weighted by atomic mass is 10.1. The van der Waals surface area contributed by atoms with Gasteiger partial charge in [0.1, 0.15) is 0 Å². The highest BCUT2D eigenvalue weighted by Gasteiger charge is 2.24. The molecular formula is C14H19ClN2O. The van der Waals surface area contributed by atoms with E-state index in [0.717, 1.165) is 25.6 Å². The number of hydrogen-bond acceptors (Lipinski definition) is 2. The molecule has 1 fully saturated rings. The van der Waals surface area contributed by atoms with Gasteiger partial charge in [-0.1, -0.05) is 24.3 Å². The number of fused-ring (bicyclic) bond motifs is 1. The Morgan fingerprint density at radius 1 is 1.22 bits per heavy atom. The number of carbonyl (C=O) groups is 1. The van der Waals surface area contributed by atoms with Crippen molar-refractivity contribution >= 4 is 18.3 Å². The molecule has 1 aromatic rings. The van der Waals surface area contributed by atoms with Gasteiger partial charge in [-0.05, 0) is 36.4 Å². The van der Waals surface area contributed by atoms with Crippen LogP contribution in [0.3, 0.4) is 0 Å². The molecule has 18 heavy (non-hydrogen) atoms. The molecule has 0 aromatic heterocycles. The van der Waals surface area contributed by atoms with E-state index in [1.54, 1.807) is 0 Å². The van der Waals surface area contributed by atoms with Crippen LogP contribution in [-0.4, -0.2) is 23.9 Å². The fourth-order valence-corrected chi connectivity index (χ4v) is 2.33. The van der Waals surface area contributed by atoms with E-state index in [2.05, 4.69) is 17.4 Å². The number of carbonyl (C=O) groups excluding carboxylic acids is 1. The molecule has 4 heteroatoms. The molecule has 3 rings (SSSR count). The summed E-state index contributed by atoms with van der Waals surface area (Å²) in [7, 11) is 0. The molecule has 1 N–H and O–H groups in total. The van der Waals surface area contributed by atoms with Gasteiger partial charge in [-0.25, -0.2) is 0 Å². The predicted molar refractivity (Wildman–Crippen MR) is 73.5 cm³/mol. The Kier molecular flexibility index (Phi) is 4.25. The van der Waals surface area contributed by atoms with Gasteiger partial charge in [-0.3, -0.25) is 4.79 Å². The van der Waals surface area contributed by atoms with Crippen LogP contribution in [0, 0.1) is 5.92 Å². The van der Waals surface area contributed by atoms with Gasteiger partial charge in [0.25, 0.3) is 0 Å². The van der Waals surface area contributed by atoms with Crippen molar-refractivity contribution in [3.8, 4) is 0 Å². The Morgan fingerprint density at radius 3 is 2.39 bits per heavy atom. The van der Waals surface area contributed by atoms with Gasteiger partial charge in [0.05, 0.1) is 6.54 Å². The van der Waals surface area contributed by atoms with Crippen LogP contribution in [0.4, 0.5) is 0 Å². The van der Waals surface area contributed by atoms with Gasteiger partial charge in [0.2, 0.25) is 5.91 Å². The van der Waals surface area contributed by atoms with E-state index in [1.165, 1.54) is 24.0 Å². The molecule has 1 saturated carbocycles. The summed E-state index contributed by atoms with van der Waals surface area (Å²) in [5, 5.41) is 3.26. The number of hydrogen-bond donors (Lipinski definition) is 1. The van der Waals surface area contributed by atoms with Crippen molar-refractivity contribution in [2.45, 2.75) is 25.9 Å². The first kappa shape index (κ1) is 13.4. The number of rotatable bonds is 4. The number of halogens is 1. The third-order valence-electron chi connectivity index (χ3n) is 3.60. The van der Waals surface area contributed by atoms with E-state index in [0.29, 0.717) is 6.54 Å². The van der Waals surface area contributed by atoms with Crippen LogP contribution in [0.2, 0.25) is 0 Å². The molecule has 1 heterocycles. The smallest absolute Gasteiger partial charge is 0.237 e. The fraction of sp³-hybridized carbons (Fsp3) is 0.500. The molecule has 1 aliphatic carbocycles. The summed E-state index contributed by atoms with van der Waals surface area (Å²) in [5.41, 5.74) is 2.59. The Morgan fingerprint density at radius 2 is 1.83 bits per heavy atom. The van der Waals surface area contributed by atoms with Gasteiger partial charge >= 0.3 is 0 Å². The molecule has 2 aliphatic rings. The molecule has 0 unspecified atom stereocenters. The van der Waals surface area contributed by atoms with Gasteiger partial charge in [-0.2, -0.15) is 0 Å². The normalized spacial score (nSPS) is 17.2. The van der Waals surface area contributed by atoms with Crippen molar-refractivity contribution in [1.29, 1.82) is 0 Å². The van der Waals surface area contributed by atoms with Crippen LogP contribution in [0.5, 0.6) is 0 Å². The van der Waals surface area contributed by atoms with Gasteiger partial charge in [0, 0.05) is 13.1 Å². The second kappa shape index (κ2) is 5.72. The number of nitrogens with one attached hydrogen (secondary N) is 1. The Labute approximate surface area is 114 Å². The summed E-state index contributed by atoms with van der Waals surface area (Å²) < 4.78 is 0. The van der Waals surface area contributed by atoms with Gasteiger partial charge < -0.3 is 10.2 Å². The lowest BCUT2D eigenvalue weighted by Crippen LogP contribution is -2.35. The predicted octanol–water partition coefficient (Wildman–Crippen LogP) is 1.95. The molecule has 0 radical (unpaired) electrons. The molecule has 0 spiro atoms. The first-order valence-electron chi connectivity index (χ1n) is 6.38. The molecule has 1 aromatic carbocycles. The third-order valence-corrected chi connectivity index (χ3v) is 3.60. The monoisotopic (exact) mass is 266 g/mol. The average molecular weight is 267 g/mol. The highest BCUT2D eigenvalue weighted by molar-refractivity contribution is 5.85. The van der Waals surface area contributed by atoms with Crippen molar-refractivity contribution < 1.29 is 4.79 Å². The zero-order valence-electron chi connectivity index (χ0n) is 10.4. The quantitative estimate of drug-likeness (QED) is 0.904. The van der Waals surface area contributed by atoms with Crippen LogP contribution in [0.25, 0.3) is 0 Å². The van der Waals surface area contributed by atoms with Crippen LogP contribution >= 0.6 is 12.4 Å². The highest BCUT2D eigenvalue weighted by Crippen LogP contribution is 2.27. The Bertz CT molecular complexity index is 407. The van der Waals surface area contributed by atoms with Crippen molar-refractivity contribution in [2.24, 2.45) is 5.92 Å². The number of amides is 1. The second-order valence-corrected chi connectivity index (χ2v) is 5.09. The second-order valence-electron chi connectivity index (χ2n) is 5.09. The summed E-state index contributed by atoms with van der Waals surface area (Å²) in [6.07, 6.45) is 2.66. The minimum atomic E-state index is 0. The first-order chi connectivity index (χ1) is 8.33. The van der Waals surface area contributed by atoms with Crippen molar-refractivity contribution in [1.82, 2.24) is 10.2 Å². The summed E-state index contributed by atoms with van der Waals surface area (Å²) in [5.74, 6) is 1.06. The summed E-state index contributed by atoms with van der Waals surface area (Å²) in [6, 6.07) is 8.30. The lowest BCUT2D eigenvalue weighted by Gasteiger charge is -2.15. The first-order valence-corrected chi connectivity index (χ1v) is 6.38. The van der Waals surface area contributed by atoms with E-state index in [4.69, 9.17) is 0 Å². The van der Waals surface area contributed by atoms with E-state index >= 15 is 0 Å². The van der Waals surface area contributed by atoms with Crippen LogP contribution in [-0.2, 0) is 17.9 Å². The van der Waals surface area contributed by atoms with Crippen molar-refractivity contribution in [3.63, 3.8) is 0 Å². The summed E-state index contributed by atoms with van der Waals surface area (Å²) in [4.78, 5) is 13.9. The SMILES string of the molecule is Cl.O=C(CNCC1CC1)N1Cc2ccccc2C1. The Balaban J connectivity index is 0.00000120. The molecule has 98 valence electrons. The topological polar surface area (TPSA) is 32.3 Å². The molecule has 3 nitrogen and oxygen atoms in total. The average Bonchev–Trinajstić information content (AvgIpc) is 3.06. The largest absolute Gasteiger partial charge is 0.333 e. The van der Waals surface area contributed by atoms with Crippen LogP contribution in [0.15, 0.2) is 24.3 Å². The van der Waals surface area contributed by atoms with Gasteiger partial charge in [0.15, 0.2) is 0 Å². The van der Waals surface area contributed by atoms with Crippen molar-refractivity contribution in [3.05, 3.63) is 35.4 Å². The summed E-state index contributed by atoms with van der Waals surface area (Å²) in [6.45, 7) is 3.05. The Hall–Kier alpha value is -1.06.